The van der Waals surface area contributed by atoms with E-state index in [1.807, 2.05) is 29.6 Å². The number of nitrogens with zero attached hydrogens (tertiary/aromatic N) is 6. The predicted octanol–water partition coefficient (Wildman–Crippen LogP) is 1.12. The van der Waals surface area contributed by atoms with Crippen molar-refractivity contribution in [3.05, 3.63) is 29.8 Å². The Morgan fingerprint density at radius 2 is 2.30 bits per heavy atom. The van der Waals surface area contributed by atoms with Crippen molar-refractivity contribution in [1.82, 2.24) is 29.7 Å². The minimum atomic E-state index is 0.0292. The Hall–Kier alpha value is -2.22. The summed E-state index contributed by atoms with van der Waals surface area (Å²) in [4.78, 5) is 14.5. The van der Waals surface area contributed by atoms with Crippen LogP contribution in [-0.2, 0) is 17.9 Å². The fraction of sp³-hybridized carbons (Fsp3) is 0.600. The topological polar surface area (TPSA) is 78.1 Å². The van der Waals surface area contributed by atoms with E-state index in [9.17, 15) is 4.79 Å². The zero-order chi connectivity index (χ0) is 16.2. The first kappa shape index (κ1) is 15.7. The molecule has 1 amide bonds. The lowest BCUT2D eigenvalue weighted by Crippen LogP contribution is -2.31. The summed E-state index contributed by atoms with van der Waals surface area (Å²) >= 11 is 0. The first-order chi connectivity index (χ1) is 11.2. The summed E-state index contributed by atoms with van der Waals surface area (Å²) in [7, 11) is 0. The highest BCUT2D eigenvalue weighted by atomic mass is 16.5. The Bertz CT molecular complexity index is 664. The highest BCUT2D eigenvalue weighted by Gasteiger charge is 2.30. The van der Waals surface area contributed by atoms with Crippen molar-refractivity contribution in [2.24, 2.45) is 0 Å². The molecule has 8 nitrogen and oxygen atoms in total. The van der Waals surface area contributed by atoms with Gasteiger partial charge in [0.15, 0.2) is 0 Å². The van der Waals surface area contributed by atoms with Gasteiger partial charge >= 0.3 is 0 Å². The molecular weight excluding hydrogens is 296 g/mol. The van der Waals surface area contributed by atoms with Crippen molar-refractivity contribution in [2.75, 3.05) is 19.7 Å². The third-order valence-electron chi connectivity index (χ3n) is 4.07. The van der Waals surface area contributed by atoms with Crippen molar-refractivity contribution in [2.45, 2.75) is 39.5 Å². The lowest BCUT2D eigenvalue weighted by Gasteiger charge is -2.16. The molecule has 3 heterocycles. The summed E-state index contributed by atoms with van der Waals surface area (Å²) < 4.78 is 8.91. The van der Waals surface area contributed by atoms with Crippen LogP contribution in [0.5, 0.6) is 0 Å². The molecule has 0 aromatic carbocycles. The predicted molar refractivity (Wildman–Crippen MR) is 82.8 cm³/mol. The fourth-order valence-electron chi connectivity index (χ4n) is 2.84. The molecule has 0 aliphatic carbocycles. The molecule has 0 radical (unpaired) electrons. The van der Waals surface area contributed by atoms with Crippen LogP contribution in [0.15, 0.2) is 18.5 Å². The molecule has 0 bridgehead atoms. The highest BCUT2D eigenvalue weighted by Crippen LogP contribution is 2.22. The van der Waals surface area contributed by atoms with Crippen LogP contribution in [0.2, 0.25) is 0 Å². The lowest BCUT2D eigenvalue weighted by molar-refractivity contribution is 0.0774. The quantitative estimate of drug-likeness (QED) is 0.797. The average Bonchev–Trinajstić information content (AvgIpc) is 3.31. The maximum Gasteiger partial charge on any atom is 0.272 e. The van der Waals surface area contributed by atoms with E-state index in [0.29, 0.717) is 32.0 Å². The highest BCUT2D eigenvalue weighted by molar-refractivity contribution is 5.92. The summed E-state index contributed by atoms with van der Waals surface area (Å²) in [5, 5.41) is 12.5. The Morgan fingerprint density at radius 1 is 1.43 bits per heavy atom. The molecule has 0 spiro atoms. The van der Waals surface area contributed by atoms with Gasteiger partial charge in [-0.2, -0.15) is 5.10 Å². The number of rotatable bonds is 6. The molecule has 1 atom stereocenters. The summed E-state index contributed by atoms with van der Waals surface area (Å²) in [5.74, 6) is 0.0292. The maximum atomic E-state index is 12.6. The zero-order valence-corrected chi connectivity index (χ0v) is 13.6. The van der Waals surface area contributed by atoms with Crippen LogP contribution in [0, 0.1) is 0 Å². The molecule has 1 saturated heterocycles. The molecule has 1 aliphatic rings. The number of aryl methyl sites for hydroxylation is 1. The van der Waals surface area contributed by atoms with Gasteiger partial charge in [0.1, 0.15) is 11.4 Å². The Balaban J connectivity index is 1.64. The third-order valence-corrected chi connectivity index (χ3v) is 4.07. The van der Waals surface area contributed by atoms with E-state index in [0.717, 1.165) is 18.7 Å². The Morgan fingerprint density at radius 3 is 3.09 bits per heavy atom. The maximum absolute atomic E-state index is 12.6. The number of carbonyl (C=O) groups excluding carboxylic acids is 1. The van der Waals surface area contributed by atoms with Gasteiger partial charge in [0, 0.05) is 32.4 Å². The standard InChI is InChI=1S/C15H22N6O2/c1-3-20-14(5-7-16-20)15(22)19-8-6-13(10-19)21-9-12(17-18-21)11-23-4-2/h5,7,9,13H,3-4,6,8,10-11H2,1-2H3. The SMILES string of the molecule is CCOCc1cn(C2CCN(C(=O)c3ccnn3CC)C2)nn1. The van der Waals surface area contributed by atoms with Gasteiger partial charge in [0.2, 0.25) is 0 Å². The molecule has 23 heavy (non-hydrogen) atoms. The molecule has 0 N–H and O–H groups in total. The minimum Gasteiger partial charge on any atom is -0.375 e. The van der Waals surface area contributed by atoms with Crippen molar-refractivity contribution >= 4 is 5.91 Å². The number of hydrogen-bond donors (Lipinski definition) is 0. The molecule has 2 aromatic rings. The van der Waals surface area contributed by atoms with E-state index in [1.54, 1.807) is 16.9 Å². The van der Waals surface area contributed by atoms with Crippen LogP contribution < -0.4 is 0 Å². The van der Waals surface area contributed by atoms with Gasteiger partial charge in [-0.1, -0.05) is 5.21 Å². The molecule has 2 aromatic heterocycles. The molecule has 0 saturated carbocycles. The van der Waals surface area contributed by atoms with Crippen LogP contribution in [-0.4, -0.2) is 55.3 Å². The lowest BCUT2D eigenvalue weighted by atomic mass is 10.3. The fourth-order valence-corrected chi connectivity index (χ4v) is 2.84. The first-order valence-electron chi connectivity index (χ1n) is 8.02. The molecule has 1 unspecified atom stereocenters. The second-order valence-corrected chi connectivity index (χ2v) is 5.55. The summed E-state index contributed by atoms with van der Waals surface area (Å²) in [5.41, 5.74) is 1.46. The van der Waals surface area contributed by atoms with Crippen LogP contribution in [0.3, 0.4) is 0 Å². The second kappa shape index (κ2) is 6.91. The Kier molecular flexibility index (Phi) is 4.71. The van der Waals surface area contributed by atoms with Crippen molar-refractivity contribution < 1.29 is 9.53 Å². The van der Waals surface area contributed by atoms with E-state index in [2.05, 4.69) is 15.4 Å². The largest absolute Gasteiger partial charge is 0.375 e. The number of hydrogen-bond acceptors (Lipinski definition) is 5. The van der Waals surface area contributed by atoms with Crippen LogP contribution in [0.4, 0.5) is 0 Å². The van der Waals surface area contributed by atoms with E-state index in [1.165, 1.54) is 0 Å². The first-order valence-corrected chi connectivity index (χ1v) is 8.02. The van der Waals surface area contributed by atoms with E-state index < -0.39 is 0 Å². The van der Waals surface area contributed by atoms with Crippen LogP contribution in [0.25, 0.3) is 0 Å². The number of likely N-dealkylation sites (tertiary alicyclic amines) is 1. The average molecular weight is 318 g/mol. The molecular formula is C15H22N6O2. The van der Waals surface area contributed by atoms with Gasteiger partial charge in [-0.15, -0.1) is 5.10 Å². The summed E-state index contributed by atoms with van der Waals surface area (Å²) in [6, 6.07) is 1.94. The monoisotopic (exact) mass is 318 g/mol. The third kappa shape index (κ3) is 3.26. The molecule has 3 rings (SSSR count). The smallest absolute Gasteiger partial charge is 0.272 e. The molecule has 1 aliphatic heterocycles. The van der Waals surface area contributed by atoms with E-state index in [4.69, 9.17) is 4.74 Å². The van der Waals surface area contributed by atoms with Gasteiger partial charge in [0.05, 0.1) is 18.8 Å². The van der Waals surface area contributed by atoms with Gasteiger partial charge in [-0.25, -0.2) is 4.68 Å². The molecule has 1 fully saturated rings. The minimum absolute atomic E-state index is 0.0292. The summed E-state index contributed by atoms with van der Waals surface area (Å²) in [6.07, 6.45) is 4.45. The summed E-state index contributed by atoms with van der Waals surface area (Å²) in [6.45, 7) is 7.11. The molecule has 8 heteroatoms. The second-order valence-electron chi connectivity index (χ2n) is 5.55. The molecule has 124 valence electrons. The van der Waals surface area contributed by atoms with Crippen molar-refractivity contribution in [3.63, 3.8) is 0 Å². The van der Waals surface area contributed by atoms with Gasteiger partial charge in [-0.3, -0.25) is 9.48 Å². The zero-order valence-electron chi connectivity index (χ0n) is 13.6. The van der Waals surface area contributed by atoms with Crippen LogP contribution >= 0.6 is 0 Å². The van der Waals surface area contributed by atoms with Crippen molar-refractivity contribution in [3.8, 4) is 0 Å². The number of ether oxygens (including phenoxy) is 1. The number of aromatic nitrogens is 5. The van der Waals surface area contributed by atoms with E-state index >= 15 is 0 Å². The van der Waals surface area contributed by atoms with Crippen LogP contribution in [0.1, 0.15) is 42.5 Å². The van der Waals surface area contributed by atoms with Crippen molar-refractivity contribution in [1.29, 1.82) is 0 Å². The number of amides is 1. The van der Waals surface area contributed by atoms with Gasteiger partial charge in [0.25, 0.3) is 5.91 Å². The van der Waals surface area contributed by atoms with E-state index in [-0.39, 0.29) is 11.9 Å². The normalized spacial score (nSPS) is 17.8. The Labute approximate surface area is 135 Å². The van der Waals surface area contributed by atoms with Gasteiger partial charge < -0.3 is 9.64 Å². The number of carbonyl (C=O) groups is 1. The van der Waals surface area contributed by atoms with Gasteiger partial charge in [-0.05, 0) is 26.3 Å².